The molecule has 2 amide bonds. The Bertz CT molecular complexity index is 417. The third-order valence-corrected chi connectivity index (χ3v) is 3.16. The molecule has 0 unspecified atom stereocenters. The molecule has 0 saturated carbocycles. The Morgan fingerprint density at radius 1 is 1.29 bits per heavy atom. The van der Waals surface area contributed by atoms with Crippen LogP contribution < -0.4 is 10.5 Å². The monoisotopic (exact) mass is 252 g/mol. The summed E-state index contributed by atoms with van der Waals surface area (Å²) in [5.41, 5.74) is 6.20. The minimum Gasteiger partial charge on any atom is -0.492 e. The van der Waals surface area contributed by atoms with Gasteiger partial charge in [0.1, 0.15) is 12.4 Å². The lowest BCUT2D eigenvalue weighted by atomic mass is 10.3. The number of thioether (sulfide) groups is 1. The number of nitrogens with zero attached hydrogens (tertiary/aromatic N) is 1. The van der Waals surface area contributed by atoms with E-state index >= 15 is 0 Å². The number of ether oxygens (including phenoxy) is 1. The van der Waals surface area contributed by atoms with Crippen molar-refractivity contribution in [3.8, 4) is 5.75 Å². The van der Waals surface area contributed by atoms with Gasteiger partial charge in [-0.25, -0.2) is 0 Å². The van der Waals surface area contributed by atoms with Crippen LogP contribution in [0.25, 0.3) is 0 Å². The second-order valence-corrected chi connectivity index (χ2v) is 4.44. The molecule has 1 aliphatic heterocycles. The number of hydrogen-bond donors (Lipinski definition) is 1. The molecule has 1 saturated heterocycles. The van der Waals surface area contributed by atoms with Crippen molar-refractivity contribution in [1.29, 1.82) is 0 Å². The minimum atomic E-state index is -0.198. The van der Waals surface area contributed by atoms with E-state index < -0.39 is 0 Å². The number of imide groups is 1. The Morgan fingerprint density at radius 3 is 2.59 bits per heavy atom. The Balaban J connectivity index is 1.81. The van der Waals surface area contributed by atoms with Crippen molar-refractivity contribution in [2.75, 3.05) is 24.6 Å². The number of carbonyl (C=O) groups excluding carboxylic acids is 2. The molecule has 0 aliphatic carbocycles. The standard InChI is InChI=1S/C11H12N2O3S/c12-8-1-3-9(4-2-8)16-6-5-13-10(14)7-17-11(13)15/h1-4H,5-7,12H2. The highest BCUT2D eigenvalue weighted by atomic mass is 32.2. The molecule has 17 heavy (non-hydrogen) atoms. The molecule has 0 atom stereocenters. The summed E-state index contributed by atoms with van der Waals surface area (Å²) in [4.78, 5) is 23.8. The van der Waals surface area contributed by atoms with Crippen LogP contribution in [0.1, 0.15) is 0 Å². The van der Waals surface area contributed by atoms with E-state index in [-0.39, 0.29) is 23.4 Å². The van der Waals surface area contributed by atoms with Crippen molar-refractivity contribution in [3.63, 3.8) is 0 Å². The Kier molecular flexibility index (Phi) is 3.53. The van der Waals surface area contributed by atoms with Crippen LogP contribution in [0.2, 0.25) is 0 Å². The average Bonchev–Trinajstić information content (AvgIpc) is 2.63. The van der Waals surface area contributed by atoms with Crippen LogP contribution in [0.5, 0.6) is 5.75 Å². The summed E-state index contributed by atoms with van der Waals surface area (Å²) in [6.45, 7) is 0.580. The van der Waals surface area contributed by atoms with E-state index in [0.717, 1.165) is 11.8 Å². The maximum Gasteiger partial charge on any atom is 0.288 e. The number of benzene rings is 1. The largest absolute Gasteiger partial charge is 0.492 e. The van der Waals surface area contributed by atoms with Crippen molar-refractivity contribution in [3.05, 3.63) is 24.3 Å². The van der Waals surface area contributed by atoms with Gasteiger partial charge in [0.05, 0.1) is 12.3 Å². The maximum atomic E-state index is 11.3. The van der Waals surface area contributed by atoms with Gasteiger partial charge in [0.15, 0.2) is 0 Å². The first-order chi connectivity index (χ1) is 8.16. The second kappa shape index (κ2) is 5.09. The molecule has 1 heterocycles. The van der Waals surface area contributed by atoms with Gasteiger partial charge in [-0.15, -0.1) is 0 Å². The van der Waals surface area contributed by atoms with Gasteiger partial charge in [0.2, 0.25) is 5.91 Å². The molecular formula is C11H12N2O3S. The van der Waals surface area contributed by atoms with Crippen molar-refractivity contribution >= 4 is 28.6 Å². The topological polar surface area (TPSA) is 72.6 Å². The first-order valence-corrected chi connectivity index (χ1v) is 6.11. The Hall–Kier alpha value is -1.69. The number of nitrogens with two attached hydrogens (primary N) is 1. The van der Waals surface area contributed by atoms with E-state index in [1.807, 2.05) is 0 Å². The molecule has 0 spiro atoms. The fourth-order valence-corrected chi connectivity index (χ4v) is 2.17. The zero-order chi connectivity index (χ0) is 12.3. The fourth-order valence-electron chi connectivity index (χ4n) is 1.42. The van der Waals surface area contributed by atoms with Crippen molar-refractivity contribution in [2.24, 2.45) is 0 Å². The molecule has 6 heteroatoms. The molecule has 1 fully saturated rings. The quantitative estimate of drug-likeness (QED) is 0.819. The van der Waals surface area contributed by atoms with Crippen molar-refractivity contribution in [1.82, 2.24) is 4.90 Å². The summed E-state index contributed by atoms with van der Waals surface area (Å²) in [5, 5.41) is -0.198. The summed E-state index contributed by atoms with van der Waals surface area (Å²) >= 11 is 1.03. The van der Waals surface area contributed by atoms with Crippen LogP contribution in [0, 0.1) is 0 Å². The maximum absolute atomic E-state index is 11.3. The van der Waals surface area contributed by atoms with E-state index in [9.17, 15) is 9.59 Å². The summed E-state index contributed by atoms with van der Waals surface area (Å²) in [7, 11) is 0. The number of nitrogen functional groups attached to an aromatic ring is 1. The number of carbonyl (C=O) groups is 2. The predicted molar refractivity (Wildman–Crippen MR) is 65.9 cm³/mol. The summed E-state index contributed by atoms with van der Waals surface area (Å²) in [6, 6.07) is 6.96. The molecule has 2 N–H and O–H groups in total. The molecule has 90 valence electrons. The number of amides is 2. The summed E-state index contributed by atoms with van der Waals surface area (Å²) < 4.78 is 5.41. The van der Waals surface area contributed by atoms with Crippen LogP contribution in [0.3, 0.4) is 0 Å². The van der Waals surface area contributed by atoms with Crippen LogP contribution in [-0.4, -0.2) is 35.0 Å². The minimum absolute atomic E-state index is 0.152. The van der Waals surface area contributed by atoms with E-state index in [2.05, 4.69) is 0 Å². The predicted octanol–water partition coefficient (Wildman–Crippen LogP) is 1.34. The van der Waals surface area contributed by atoms with Gasteiger partial charge in [-0.3, -0.25) is 14.5 Å². The molecule has 5 nitrogen and oxygen atoms in total. The lowest BCUT2D eigenvalue weighted by Crippen LogP contribution is -2.32. The van der Waals surface area contributed by atoms with Gasteiger partial charge in [-0.2, -0.15) is 0 Å². The number of hydrogen-bond acceptors (Lipinski definition) is 5. The van der Waals surface area contributed by atoms with Gasteiger partial charge in [-0.05, 0) is 24.3 Å². The highest BCUT2D eigenvalue weighted by Crippen LogP contribution is 2.18. The normalized spacial score (nSPS) is 15.4. The van der Waals surface area contributed by atoms with Crippen LogP contribution >= 0.6 is 11.8 Å². The molecule has 0 aromatic heterocycles. The zero-order valence-electron chi connectivity index (χ0n) is 9.09. The SMILES string of the molecule is Nc1ccc(OCCN2C(=O)CSC2=O)cc1. The van der Waals surface area contributed by atoms with Gasteiger partial charge in [-0.1, -0.05) is 11.8 Å². The van der Waals surface area contributed by atoms with Gasteiger partial charge >= 0.3 is 0 Å². The first kappa shape index (κ1) is 11.8. The fraction of sp³-hybridized carbons (Fsp3) is 0.273. The lowest BCUT2D eigenvalue weighted by Gasteiger charge is -2.13. The smallest absolute Gasteiger partial charge is 0.288 e. The van der Waals surface area contributed by atoms with E-state index in [4.69, 9.17) is 10.5 Å². The van der Waals surface area contributed by atoms with Crippen molar-refractivity contribution in [2.45, 2.75) is 0 Å². The molecular weight excluding hydrogens is 240 g/mol. The van der Waals surface area contributed by atoms with Crippen molar-refractivity contribution < 1.29 is 14.3 Å². The molecule has 0 bridgehead atoms. The molecule has 1 aliphatic rings. The zero-order valence-corrected chi connectivity index (χ0v) is 9.90. The number of rotatable bonds is 4. The molecule has 2 rings (SSSR count). The van der Waals surface area contributed by atoms with E-state index in [1.54, 1.807) is 24.3 Å². The first-order valence-electron chi connectivity index (χ1n) is 5.12. The third-order valence-electron chi connectivity index (χ3n) is 2.30. The average molecular weight is 252 g/mol. The molecule has 0 radical (unpaired) electrons. The summed E-state index contributed by atoms with van der Waals surface area (Å²) in [5.74, 6) is 0.757. The van der Waals surface area contributed by atoms with Crippen LogP contribution in [0.4, 0.5) is 10.5 Å². The van der Waals surface area contributed by atoms with Gasteiger partial charge in [0.25, 0.3) is 5.24 Å². The highest BCUT2D eigenvalue weighted by molar-refractivity contribution is 8.14. The third kappa shape index (κ3) is 2.91. The van der Waals surface area contributed by atoms with E-state index in [0.29, 0.717) is 18.0 Å². The Labute approximate surface area is 103 Å². The number of anilines is 1. The second-order valence-electron chi connectivity index (χ2n) is 3.52. The van der Waals surface area contributed by atoms with Crippen LogP contribution in [0.15, 0.2) is 24.3 Å². The summed E-state index contributed by atoms with van der Waals surface area (Å²) in [6.07, 6.45) is 0. The van der Waals surface area contributed by atoms with Crippen LogP contribution in [-0.2, 0) is 4.79 Å². The lowest BCUT2D eigenvalue weighted by molar-refractivity contribution is -0.124. The highest BCUT2D eigenvalue weighted by Gasteiger charge is 2.29. The van der Waals surface area contributed by atoms with Gasteiger partial charge < -0.3 is 10.5 Å². The Morgan fingerprint density at radius 2 is 2.00 bits per heavy atom. The molecule has 1 aromatic carbocycles. The molecule has 1 aromatic rings. The van der Waals surface area contributed by atoms with E-state index in [1.165, 1.54) is 4.90 Å². The van der Waals surface area contributed by atoms with Gasteiger partial charge in [0, 0.05) is 5.69 Å².